The van der Waals surface area contributed by atoms with Gasteiger partial charge in [0.25, 0.3) is 0 Å². The number of thioether (sulfide) groups is 1. The van der Waals surface area contributed by atoms with Gasteiger partial charge in [0.05, 0.1) is 19.8 Å². The molecule has 0 atom stereocenters. The number of hydrogen-bond donors (Lipinski definition) is 0. The van der Waals surface area contributed by atoms with E-state index in [1.54, 1.807) is 35.3 Å². The number of ether oxygens (including phenoxy) is 2. The summed E-state index contributed by atoms with van der Waals surface area (Å²) < 4.78 is 49.1. The van der Waals surface area contributed by atoms with Crippen LogP contribution in [-0.4, -0.2) is 49.6 Å². The molecule has 170 valence electrons. The third-order valence-electron chi connectivity index (χ3n) is 5.01. The zero-order valence-corrected chi connectivity index (χ0v) is 18.6. The fourth-order valence-electron chi connectivity index (χ4n) is 3.22. The van der Waals surface area contributed by atoms with Gasteiger partial charge in [-0.3, -0.25) is 4.79 Å². The molecule has 0 aliphatic carbocycles. The van der Waals surface area contributed by atoms with Crippen LogP contribution in [0.2, 0.25) is 0 Å². The topological polar surface area (TPSA) is 38.8 Å². The molecule has 0 saturated carbocycles. The summed E-state index contributed by atoms with van der Waals surface area (Å²) in [6.07, 6.45) is 0.576. The maximum absolute atomic E-state index is 12.9. The zero-order chi connectivity index (χ0) is 23.1. The van der Waals surface area contributed by atoms with Crippen molar-refractivity contribution in [3.63, 3.8) is 0 Å². The number of carbonyl (C=O) groups is 1. The number of hydrogen-bond acceptors (Lipinski definition) is 4. The second-order valence-electron chi connectivity index (χ2n) is 7.06. The summed E-state index contributed by atoms with van der Waals surface area (Å²) in [5, 5.41) is 0. The van der Waals surface area contributed by atoms with Gasteiger partial charge in [0.15, 0.2) is 11.5 Å². The molecule has 0 aromatic heterocycles. The lowest BCUT2D eigenvalue weighted by Crippen LogP contribution is -2.36. The molecule has 2 aromatic rings. The molecule has 1 fully saturated rings. The maximum atomic E-state index is 12.9. The SMILES string of the molecule is COc1ccc(C(/C=C/c2ccc(C(F)(F)F)cc2)=C/C(=O)N2CCSCC2)cc1OC. The minimum absolute atomic E-state index is 0.104. The molecule has 1 heterocycles. The average molecular weight is 464 g/mol. The van der Waals surface area contributed by atoms with E-state index in [-0.39, 0.29) is 5.91 Å². The Labute approximate surface area is 189 Å². The predicted octanol–water partition coefficient (Wildman–Crippen LogP) is 5.39. The second-order valence-corrected chi connectivity index (χ2v) is 8.28. The van der Waals surface area contributed by atoms with E-state index in [1.165, 1.54) is 26.4 Å². The van der Waals surface area contributed by atoms with Crippen LogP contribution >= 0.6 is 11.8 Å². The van der Waals surface area contributed by atoms with Gasteiger partial charge in [0.2, 0.25) is 5.91 Å². The summed E-state index contributed by atoms with van der Waals surface area (Å²) in [6.45, 7) is 1.36. The standard InChI is InChI=1S/C24H24F3NO3S/c1-30-21-10-7-18(15-22(21)31-2)19(16-23(29)28-11-13-32-14-12-28)6-3-17-4-8-20(9-5-17)24(25,26)27/h3-10,15-16H,11-14H2,1-2H3/b6-3+,19-16+. The van der Waals surface area contributed by atoms with Gasteiger partial charge in [0.1, 0.15) is 0 Å². The molecule has 1 amide bonds. The molecular formula is C24H24F3NO3S. The van der Waals surface area contributed by atoms with E-state index in [9.17, 15) is 18.0 Å². The van der Waals surface area contributed by atoms with Crippen LogP contribution < -0.4 is 9.47 Å². The summed E-state index contributed by atoms with van der Waals surface area (Å²) in [5.74, 6) is 2.76. The van der Waals surface area contributed by atoms with Gasteiger partial charge in [0, 0.05) is 30.7 Å². The molecular weight excluding hydrogens is 439 g/mol. The largest absolute Gasteiger partial charge is 0.493 e. The predicted molar refractivity (Wildman–Crippen MR) is 122 cm³/mol. The van der Waals surface area contributed by atoms with Crippen molar-refractivity contribution in [1.82, 2.24) is 4.90 Å². The summed E-state index contributed by atoms with van der Waals surface area (Å²) in [7, 11) is 3.07. The van der Waals surface area contributed by atoms with Gasteiger partial charge in [-0.05, 0) is 41.0 Å². The Bertz CT molecular complexity index is 995. The van der Waals surface area contributed by atoms with Gasteiger partial charge in [-0.2, -0.15) is 24.9 Å². The van der Waals surface area contributed by atoms with Crippen molar-refractivity contribution in [2.45, 2.75) is 6.18 Å². The number of nitrogens with zero attached hydrogens (tertiary/aromatic N) is 1. The summed E-state index contributed by atoms with van der Waals surface area (Å²) in [4.78, 5) is 14.6. The average Bonchev–Trinajstić information content (AvgIpc) is 2.81. The van der Waals surface area contributed by atoms with Crippen LogP contribution in [0.25, 0.3) is 11.6 Å². The number of amides is 1. The summed E-state index contributed by atoms with van der Waals surface area (Å²) in [5.41, 5.74) is 1.23. The Morgan fingerprint density at radius 1 is 1.00 bits per heavy atom. The first-order chi connectivity index (χ1) is 15.3. The first-order valence-electron chi connectivity index (χ1n) is 9.98. The van der Waals surface area contributed by atoms with Crippen molar-refractivity contribution in [2.75, 3.05) is 38.8 Å². The number of halogens is 3. The number of rotatable bonds is 6. The molecule has 0 bridgehead atoms. The molecule has 1 aliphatic heterocycles. The fourth-order valence-corrected chi connectivity index (χ4v) is 4.12. The van der Waals surface area contributed by atoms with Gasteiger partial charge in [-0.1, -0.05) is 30.4 Å². The van der Waals surface area contributed by atoms with Crippen LogP contribution in [0.1, 0.15) is 16.7 Å². The Kier molecular flexibility index (Phi) is 7.90. The number of benzene rings is 2. The number of methoxy groups -OCH3 is 2. The monoisotopic (exact) mass is 463 g/mol. The Morgan fingerprint density at radius 3 is 2.25 bits per heavy atom. The van der Waals surface area contributed by atoms with Gasteiger partial charge < -0.3 is 14.4 Å². The summed E-state index contributed by atoms with van der Waals surface area (Å²) in [6, 6.07) is 10.2. The third kappa shape index (κ3) is 6.09. The quantitative estimate of drug-likeness (QED) is 0.425. The Morgan fingerprint density at radius 2 is 1.66 bits per heavy atom. The molecule has 2 aromatic carbocycles. The molecule has 0 spiro atoms. The minimum atomic E-state index is -4.38. The lowest BCUT2D eigenvalue weighted by atomic mass is 10.0. The van der Waals surface area contributed by atoms with Crippen molar-refractivity contribution in [3.8, 4) is 11.5 Å². The lowest BCUT2D eigenvalue weighted by Gasteiger charge is -2.25. The Hall–Kier alpha value is -2.87. The van der Waals surface area contributed by atoms with E-state index in [2.05, 4.69) is 0 Å². The molecule has 0 N–H and O–H groups in total. The highest BCUT2D eigenvalue weighted by molar-refractivity contribution is 7.99. The van der Waals surface area contributed by atoms with E-state index in [1.807, 2.05) is 17.8 Å². The zero-order valence-electron chi connectivity index (χ0n) is 17.8. The molecule has 1 aliphatic rings. The van der Waals surface area contributed by atoms with Crippen molar-refractivity contribution in [1.29, 1.82) is 0 Å². The number of carbonyl (C=O) groups excluding carboxylic acids is 1. The van der Waals surface area contributed by atoms with Crippen LogP contribution in [0, 0.1) is 0 Å². The smallest absolute Gasteiger partial charge is 0.416 e. The van der Waals surface area contributed by atoms with Crippen LogP contribution in [0.5, 0.6) is 11.5 Å². The molecule has 32 heavy (non-hydrogen) atoms. The molecule has 4 nitrogen and oxygen atoms in total. The molecule has 0 radical (unpaired) electrons. The highest BCUT2D eigenvalue weighted by atomic mass is 32.2. The Balaban J connectivity index is 1.94. The number of alkyl halides is 3. The number of allylic oxidation sites excluding steroid dienone is 2. The van der Waals surface area contributed by atoms with Crippen molar-refractivity contribution in [3.05, 3.63) is 71.3 Å². The molecule has 1 saturated heterocycles. The highest BCUT2D eigenvalue weighted by Crippen LogP contribution is 2.32. The molecule has 3 rings (SSSR count). The van der Waals surface area contributed by atoms with Crippen molar-refractivity contribution < 1.29 is 27.4 Å². The first-order valence-corrected chi connectivity index (χ1v) is 11.1. The van der Waals surface area contributed by atoms with E-state index < -0.39 is 11.7 Å². The highest BCUT2D eigenvalue weighted by Gasteiger charge is 2.29. The van der Waals surface area contributed by atoms with E-state index >= 15 is 0 Å². The van der Waals surface area contributed by atoms with E-state index in [0.29, 0.717) is 35.7 Å². The molecule has 0 unspecified atom stereocenters. The summed E-state index contributed by atoms with van der Waals surface area (Å²) >= 11 is 1.81. The van der Waals surface area contributed by atoms with Crippen LogP contribution in [0.15, 0.2) is 54.6 Å². The van der Waals surface area contributed by atoms with Gasteiger partial charge >= 0.3 is 6.18 Å². The van der Waals surface area contributed by atoms with Gasteiger partial charge in [-0.15, -0.1) is 0 Å². The lowest BCUT2D eigenvalue weighted by molar-refractivity contribution is -0.137. The minimum Gasteiger partial charge on any atom is -0.493 e. The van der Waals surface area contributed by atoms with Crippen LogP contribution in [0.3, 0.4) is 0 Å². The van der Waals surface area contributed by atoms with Gasteiger partial charge in [-0.25, -0.2) is 0 Å². The normalized spacial score (nSPS) is 15.2. The van der Waals surface area contributed by atoms with Crippen LogP contribution in [0.4, 0.5) is 13.2 Å². The maximum Gasteiger partial charge on any atom is 0.416 e. The molecule has 8 heteroatoms. The van der Waals surface area contributed by atoms with E-state index in [0.717, 1.165) is 29.2 Å². The van der Waals surface area contributed by atoms with Crippen LogP contribution in [-0.2, 0) is 11.0 Å². The first kappa shape index (κ1) is 23.8. The third-order valence-corrected chi connectivity index (χ3v) is 5.95. The van der Waals surface area contributed by atoms with Crippen molar-refractivity contribution >= 4 is 29.3 Å². The second kappa shape index (κ2) is 10.6. The van der Waals surface area contributed by atoms with E-state index in [4.69, 9.17) is 9.47 Å². The fraction of sp³-hybridized carbons (Fsp3) is 0.292. The van der Waals surface area contributed by atoms with Crippen molar-refractivity contribution in [2.24, 2.45) is 0 Å².